The summed E-state index contributed by atoms with van der Waals surface area (Å²) < 4.78 is 18.3. The van der Waals surface area contributed by atoms with Crippen molar-refractivity contribution < 1.29 is 14.2 Å². The van der Waals surface area contributed by atoms with Crippen LogP contribution in [0.15, 0.2) is 18.2 Å². The van der Waals surface area contributed by atoms with E-state index in [0.717, 1.165) is 25.1 Å². The van der Waals surface area contributed by atoms with Crippen molar-refractivity contribution in [3.8, 4) is 5.75 Å². The summed E-state index contributed by atoms with van der Waals surface area (Å²) in [4.78, 5) is 1.96. The van der Waals surface area contributed by atoms with E-state index in [1.807, 2.05) is 18.0 Å². The molecule has 0 aliphatic carbocycles. The van der Waals surface area contributed by atoms with Crippen LogP contribution in [0.1, 0.15) is 12.8 Å². The number of anilines is 1. The van der Waals surface area contributed by atoms with E-state index in [1.165, 1.54) is 13.2 Å². The van der Waals surface area contributed by atoms with Crippen molar-refractivity contribution in [1.82, 2.24) is 0 Å². The van der Waals surface area contributed by atoms with Crippen LogP contribution in [-0.4, -0.2) is 32.4 Å². The molecule has 0 aromatic heterocycles. The molecule has 90 valence electrons. The summed E-state index contributed by atoms with van der Waals surface area (Å²) >= 11 is 0. The number of hydrogen-bond acceptors (Lipinski definition) is 3. The van der Waals surface area contributed by atoms with E-state index >= 15 is 0 Å². The number of unbranched alkanes of at least 4 members (excludes halogenated alkanes) is 1. The van der Waals surface area contributed by atoms with Gasteiger partial charge in [0.25, 0.3) is 0 Å². The van der Waals surface area contributed by atoms with Gasteiger partial charge in [0.1, 0.15) is 0 Å². The van der Waals surface area contributed by atoms with Crippen molar-refractivity contribution in [3.63, 3.8) is 0 Å². The molecule has 0 spiro atoms. The smallest absolute Gasteiger partial charge is 0.167 e. The standard InChI is InChI=1S/C12H18FNO2/c1-14(7-3-4-8-15)10-5-6-12(16-2)11(13)9-10/h5-6,9,15H,3-4,7-8H2,1-2H3. The highest BCUT2D eigenvalue weighted by Gasteiger charge is 2.06. The Bertz CT molecular complexity index is 331. The summed E-state index contributed by atoms with van der Waals surface area (Å²) in [6, 6.07) is 4.89. The normalized spacial score (nSPS) is 10.2. The minimum absolute atomic E-state index is 0.199. The van der Waals surface area contributed by atoms with Gasteiger partial charge >= 0.3 is 0 Å². The SMILES string of the molecule is COc1ccc(N(C)CCCCO)cc1F. The van der Waals surface area contributed by atoms with Crippen LogP contribution in [0.3, 0.4) is 0 Å². The van der Waals surface area contributed by atoms with E-state index in [4.69, 9.17) is 9.84 Å². The molecule has 0 heterocycles. The predicted octanol–water partition coefficient (Wildman–Crippen LogP) is 2.04. The highest BCUT2D eigenvalue weighted by Crippen LogP contribution is 2.22. The lowest BCUT2D eigenvalue weighted by Gasteiger charge is -2.19. The molecule has 0 aliphatic rings. The van der Waals surface area contributed by atoms with Crippen LogP contribution < -0.4 is 9.64 Å². The van der Waals surface area contributed by atoms with Crippen LogP contribution >= 0.6 is 0 Å². The van der Waals surface area contributed by atoms with Gasteiger partial charge in [-0.15, -0.1) is 0 Å². The number of methoxy groups -OCH3 is 1. The summed E-state index contributed by atoms with van der Waals surface area (Å²) in [5.41, 5.74) is 0.816. The van der Waals surface area contributed by atoms with Gasteiger partial charge in [0.05, 0.1) is 7.11 Å². The van der Waals surface area contributed by atoms with E-state index < -0.39 is 0 Å². The van der Waals surface area contributed by atoms with Gasteiger partial charge in [-0.3, -0.25) is 0 Å². The number of nitrogens with zero attached hydrogens (tertiary/aromatic N) is 1. The number of benzene rings is 1. The first-order chi connectivity index (χ1) is 7.69. The number of aliphatic hydroxyl groups is 1. The maximum Gasteiger partial charge on any atom is 0.167 e. The van der Waals surface area contributed by atoms with Gasteiger partial charge in [-0.2, -0.15) is 0 Å². The fraction of sp³-hybridized carbons (Fsp3) is 0.500. The second kappa shape index (κ2) is 6.33. The molecule has 0 fully saturated rings. The number of hydrogen-bond donors (Lipinski definition) is 1. The van der Waals surface area contributed by atoms with Gasteiger partial charge in [0, 0.05) is 32.0 Å². The van der Waals surface area contributed by atoms with Crippen LogP contribution in [0, 0.1) is 5.82 Å². The zero-order valence-corrected chi connectivity index (χ0v) is 9.74. The summed E-state index contributed by atoms with van der Waals surface area (Å²) in [6.45, 7) is 0.997. The minimum Gasteiger partial charge on any atom is -0.494 e. The molecule has 1 rings (SSSR count). The monoisotopic (exact) mass is 227 g/mol. The second-order valence-corrected chi connectivity index (χ2v) is 3.67. The van der Waals surface area contributed by atoms with Crippen molar-refractivity contribution in [1.29, 1.82) is 0 Å². The van der Waals surface area contributed by atoms with Gasteiger partial charge in [-0.25, -0.2) is 4.39 Å². The van der Waals surface area contributed by atoms with E-state index in [-0.39, 0.29) is 18.2 Å². The number of ether oxygens (including phenoxy) is 1. The largest absolute Gasteiger partial charge is 0.494 e. The molecule has 3 nitrogen and oxygen atoms in total. The van der Waals surface area contributed by atoms with Gasteiger partial charge in [-0.1, -0.05) is 0 Å². The number of aliphatic hydroxyl groups excluding tert-OH is 1. The van der Waals surface area contributed by atoms with Crippen LogP contribution in [0.25, 0.3) is 0 Å². The molecular weight excluding hydrogens is 209 g/mol. The molecule has 0 amide bonds. The number of rotatable bonds is 6. The molecule has 1 aromatic carbocycles. The molecular formula is C12H18FNO2. The lowest BCUT2D eigenvalue weighted by atomic mass is 10.2. The average molecular weight is 227 g/mol. The topological polar surface area (TPSA) is 32.7 Å². The highest BCUT2D eigenvalue weighted by atomic mass is 19.1. The summed E-state index contributed by atoms with van der Waals surface area (Å²) in [6.07, 6.45) is 1.66. The maximum absolute atomic E-state index is 13.4. The van der Waals surface area contributed by atoms with E-state index in [1.54, 1.807) is 6.07 Å². The van der Waals surface area contributed by atoms with Crippen molar-refractivity contribution in [2.45, 2.75) is 12.8 Å². The van der Waals surface area contributed by atoms with E-state index in [2.05, 4.69) is 0 Å². The van der Waals surface area contributed by atoms with Gasteiger partial charge in [-0.05, 0) is 25.0 Å². The molecule has 16 heavy (non-hydrogen) atoms. The van der Waals surface area contributed by atoms with Gasteiger partial charge < -0.3 is 14.7 Å². The Balaban J connectivity index is 2.62. The fourth-order valence-electron chi connectivity index (χ4n) is 1.48. The summed E-state index contributed by atoms with van der Waals surface area (Å²) in [5, 5.41) is 8.67. The lowest BCUT2D eigenvalue weighted by Crippen LogP contribution is -2.18. The zero-order chi connectivity index (χ0) is 12.0. The summed E-state index contributed by atoms with van der Waals surface area (Å²) in [7, 11) is 3.35. The number of halogens is 1. The Hall–Kier alpha value is -1.29. The molecule has 4 heteroatoms. The Morgan fingerprint density at radius 1 is 1.38 bits per heavy atom. The zero-order valence-electron chi connectivity index (χ0n) is 9.74. The molecule has 0 bridgehead atoms. The Labute approximate surface area is 95.5 Å². The van der Waals surface area contributed by atoms with Crippen LogP contribution in [-0.2, 0) is 0 Å². The third-order valence-electron chi connectivity index (χ3n) is 2.48. The Kier molecular flexibility index (Phi) is 5.05. The first-order valence-corrected chi connectivity index (χ1v) is 5.34. The molecule has 0 saturated carbocycles. The second-order valence-electron chi connectivity index (χ2n) is 3.67. The molecule has 0 unspecified atom stereocenters. The van der Waals surface area contributed by atoms with E-state index in [9.17, 15) is 4.39 Å². The van der Waals surface area contributed by atoms with Crippen LogP contribution in [0.2, 0.25) is 0 Å². The maximum atomic E-state index is 13.4. The average Bonchev–Trinajstić information content (AvgIpc) is 2.29. The molecule has 0 saturated heterocycles. The highest BCUT2D eigenvalue weighted by molar-refractivity contribution is 5.49. The summed E-state index contributed by atoms with van der Waals surface area (Å²) in [5.74, 6) is -0.0958. The first-order valence-electron chi connectivity index (χ1n) is 5.34. The van der Waals surface area contributed by atoms with Crippen LogP contribution in [0.5, 0.6) is 5.75 Å². The Morgan fingerprint density at radius 3 is 2.69 bits per heavy atom. The first kappa shape index (κ1) is 12.8. The third kappa shape index (κ3) is 3.38. The predicted molar refractivity (Wildman–Crippen MR) is 62.5 cm³/mol. The quantitative estimate of drug-likeness (QED) is 0.755. The van der Waals surface area contributed by atoms with E-state index in [0.29, 0.717) is 0 Å². The lowest BCUT2D eigenvalue weighted by molar-refractivity contribution is 0.285. The van der Waals surface area contributed by atoms with Crippen LogP contribution in [0.4, 0.5) is 10.1 Å². The van der Waals surface area contributed by atoms with Gasteiger partial charge in [0.15, 0.2) is 11.6 Å². The van der Waals surface area contributed by atoms with Crippen molar-refractivity contribution in [2.24, 2.45) is 0 Å². The van der Waals surface area contributed by atoms with Gasteiger partial charge in [0.2, 0.25) is 0 Å². The molecule has 1 N–H and O–H groups in total. The fourth-order valence-corrected chi connectivity index (χ4v) is 1.48. The third-order valence-corrected chi connectivity index (χ3v) is 2.48. The molecule has 1 aromatic rings. The van der Waals surface area contributed by atoms with Crippen molar-refractivity contribution >= 4 is 5.69 Å². The minimum atomic E-state index is -0.353. The molecule has 0 radical (unpaired) electrons. The molecule has 0 aliphatic heterocycles. The molecule has 0 atom stereocenters. The van der Waals surface area contributed by atoms with Crippen molar-refractivity contribution in [2.75, 3.05) is 32.2 Å². The van der Waals surface area contributed by atoms with Crippen molar-refractivity contribution in [3.05, 3.63) is 24.0 Å². The Morgan fingerprint density at radius 2 is 2.12 bits per heavy atom.